The maximum absolute atomic E-state index is 11.4. The van der Waals surface area contributed by atoms with Crippen LogP contribution in [-0.4, -0.2) is 28.8 Å². The molecule has 0 aromatic heterocycles. The van der Waals surface area contributed by atoms with E-state index in [1.807, 2.05) is 27.7 Å². The molecule has 2 aliphatic heterocycles. The zero-order valence-electron chi connectivity index (χ0n) is 11.0. The van der Waals surface area contributed by atoms with Crippen LogP contribution in [0.25, 0.3) is 0 Å². The van der Waals surface area contributed by atoms with Crippen molar-refractivity contribution in [3.63, 3.8) is 0 Å². The van der Waals surface area contributed by atoms with Gasteiger partial charge in [0.25, 0.3) is 0 Å². The Morgan fingerprint density at radius 2 is 1.72 bits per heavy atom. The van der Waals surface area contributed by atoms with E-state index in [0.29, 0.717) is 0 Å². The molecule has 1 fully saturated rings. The van der Waals surface area contributed by atoms with Gasteiger partial charge in [-0.1, -0.05) is 6.08 Å². The molecule has 2 aliphatic rings. The van der Waals surface area contributed by atoms with Crippen LogP contribution in [0.1, 0.15) is 27.7 Å². The summed E-state index contributed by atoms with van der Waals surface area (Å²) < 4.78 is 11.5. The average molecular weight is 252 g/mol. The van der Waals surface area contributed by atoms with E-state index >= 15 is 0 Å². The number of nitro groups is 1. The number of dihydropyridines is 1. The maximum Gasteiger partial charge on any atom is 0.580 e. The Hall–Kier alpha value is -1.34. The summed E-state index contributed by atoms with van der Waals surface area (Å²) in [6.07, 6.45) is 6.28. The Morgan fingerprint density at radius 3 is 2.11 bits per heavy atom. The molecular weight excluding hydrogens is 235 g/mol. The smallest absolute Gasteiger partial charge is 0.396 e. The highest BCUT2D eigenvalue weighted by Crippen LogP contribution is 2.40. The Balaban J connectivity index is 2.34. The van der Waals surface area contributed by atoms with E-state index < -0.39 is 28.8 Å². The van der Waals surface area contributed by atoms with Gasteiger partial charge in [-0.05, 0) is 33.8 Å². The van der Waals surface area contributed by atoms with Gasteiger partial charge in [0, 0.05) is 17.2 Å². The zero-order chi connectivity index (χ0) is 13.6. The van der Waals surface area contributed by atoms with Gasteiger partial charge in [0.05, 0.1) is 11.2 Å². The molecule has 98 valence electrons. The molecule has 0 bridgehead atoms. The van der Waals surface area contributed by atoms with Crippen molar-refractivity contribution >= 4 is 7.12 Å². The summed E-state index contributed by atoms with van der Waals surface area (Å²) in [6, 6.07) is 0. The van der Waals surface area contributed by atoms with Gasteiger partial charge in [0.2, 0.25) is 0 Å². The van der Waals surface area contributed by atoms with Gasteiger partial charge < -0.3 is 14.6 Å². The molecule has 0 spiro atoms. The molecule has 0 amide bonds. The van der Waals surface area contributed by atoms with Crippen LogP contribution in [0.4, 0.5) is 0 Å². The monoisotopic (exact) mass is 252 g/mol. The molecule has 6 nitrogen and oxygen atoms in total. The van der Waals surface area contributed by atoms with Gasteiger partial charge in [-0.3, -0.25) is 10.1 Å². The molecule has 1 N–H and O–H groups in total. The summed E-state index contributed by atoms with van der Waals surface area (Å²) in [5.74, 6) is 0. The molecule has 1 atom stereocenters. The standard InChI is InChI=1S/C11H17BN2O4/c1-9(2)10(3,4)18-12(17-9)11(14(15)16)7-5-6-8-13-11/h5-8,13H,1-4H3. The van der Waals surface area contributed by atoms with Gasteiger partial charge in [0.1, 0.15) is 0 Å². The van der Waals surface area contributed by atoms with Crippen molar-refractivity contribution in [2.24, 2.45) is 0 Å². The van der Waals surface area contributed by atoms with Crippen LogP contribution >= 0.6 is 0 Å². The van der Waals surface area contributed by atoms with Gasteiger partial charge in [-0.2, -0.15) is 0 Å². The van der Waals surface area contributed by atoms with Crippen LogP contribution in [0.2, 0.25) is 0 Å². The highest BCUT2D eigenvalue weighted by atomic mass is 16.7. The second kappa shape index (κ2) is 3.83. The van der Waals surface area contributed by atoms with Crippen molar-refractivity contribution in [2.75, 3.05) is 0 Å². The molecule has 1 unspecified atom stereocenters. The number of hydrogen-bond acceptors (Lipinski definition) is 5. The first kappa shape index (κ1) is 13.1. The SMILES string of the molecule is CC1(C)OB(C2([N+](=O)[O-])C=CC=CN2)OC1(C)C. The van der Waals surface area contributed by atoms with Crippen LogP contribution in [0, 0.1) is 10.1 Å². The summed E-state index contributed by atoms with van der Waals surface area (Å²) in [7, 11) is -0.973. The lowest BCUT2D eigenvalue weighted by atomic mass is 9.70. The van der Waals surface area contributed by atoms with Gasteiger partial charge in [-0.25, -0.2) is 0 Å². The number of nitrogens with zero attached hydrogens (tertiary/aromatic N) is 1. The molecule has 1 saturated heterocycles. The van der Waals surface area contributed by atoms with E-state index in [0.717, 1.165) is 0 Å². The molecule has 2 heterocycles. The third-order valence-electron chi connectivity index (χ3n) is 3.79. The summed E-state index contributed by atoms with van der Waals surface area (Å²) >= 11 is 0. The van der Waals surface area contributed by atoms with Gasteiger partial charge in [-0.15, -0.1) is 0 Å². The van der Waals surface area contributed by atoms with Crippen molar-refractivity contribution in [2.45, 2.75) is 44.5 Å². The molecule has 18 heavy (non-hydrogen) atoms. The predicted molar refractivity (Wildman–Crippen MR) is 67.2 cm³/mol. The fourth-order valence-electron chi connectivity index (χ4n) is 1.86. The molecular formula is C11H17BN2O4. The van der Waals surface area contributed by atoms with Crippen LogP contribution in [0.15, 0.2) is 24.4 Å². The lowest BCUT2D eigenvalue weighted by Crippen LogP contribution is -2.61. The van der Waals surface area contributed by atoms with E-state index in [2.05, 4.69) is 5.32 Å². The number of nitrogens with one attached hydrogen (secondary N) is 1. The quantitative estimate of drug-likeness (QED) is 0.455. The number of hydrogen-bond donors (Lipinski definition) is 1. The molecule has 7 heteroatoms. The minimum absolute atomic E-state index is 0.421. The van der Waals surface area contributed by atoms with Crippen molar-refractivity contribution in [3.8, 4) is 0 Å². The lowest BCUT2D eigenvalue weighted by molar-refractivity contribution is -0.540. The van der Waals surface area contributed by atoms with Gasteiger partial charge in [0.15, 0.2) is 0 Å². The van der Waals surface area contributed by atoms with E-state index in [-0.39, 0.29) is 0 Å². The van der Waals surface area contributed by atoms with Crippen molar-refractivity contribution in [3.05, 3.63) is 34.5 Å². The van der Waals surface area contributed by atoms with E-state index in [4.69, 9.17) is 9.31 Å². The molecule has 0 saturated carbocycles. The first-order valence-corrected chi connectivity index (χ1v) is 5.83. The molecule has 0 aromatic rings. The first-order chi connectivity index (χ1) is 8.21. The molecule has 2 rings (SSSR count). The average Bonchev–Trinajstić information content (AvgIpc) is 2.49. The highest BCUT2D eigenvalue weighted by Gasteiger charge is 2.66. The van der Waals surface area contributed by atoms with E-state index in [1.165, 1.54) is 12.3 Å². The van der Waals surface area contributed by atoms with Crippen LogP contribution in [0.5, 0.6) is 0 Å². The summed E-state index contributed by atoms with van der Waals surface area (Å²) in [5.41, 5.74) is -2.77. The Morgan fingerprint density at radius 1 is 1.17 bits per heavy atom. The van der Waals surface area contributed by atoms with Crippen LogP contribution in [0.3, 0.4) is 0 Å². The third-order valence-corrected chi connectivity index (χ3v) is 3.79. The van der Waals surface area contributed by atoms with Crippen molar-refractivity contribution in [1.82, 2.24) is 5.32 Å². The number of rotatable bonds is 2. The highest BCUT2D eigenvalue weighted by molar-refractivity contribution is 6.50. The lowest BCUT2D eigenvalue weighted by Gasteiger charge is -2.32. The molecule has 0 radical (unpaired) electrons. The number of allylic oxidation sites excluding steroid dienone is 2. The Kier molecular flexibility index (Phi) is 2.79. The van der Waals surface area contributed by atoms with Crippen molar-refractivity contribution in [1.29, 1.82) is 0 Å². The normalized spacial score (nSPS) is 32.3. The fourth-order valence-corrected chi connectivity index (χ4v) is 1.86. The molecule has 0 aromatic carbocycles. The minimum atomic E-state index is -1.57. The topological polar surface area (TPSA) is 73.6 Å². The van der Waals surface area contributed by atoms with Gasteiger partial charge >= 0.3 is 12.7 Å². The summed E-state index contributed by atoms with van der Waals surface area (Å²) in [4.78, 5) is 11.0. The zero-order valence-corrected chi connectivity index (χ0v) is 11.0. The largest absolute Gasteiger partial charge is 0.580 e. The summed E-state index contributed by atoms with van der Waals surface area (Å²) in [6.45, 7) is 7.46. The fraction of sp³-hybridized carbons (Fsp3) is 0.636. The Labute approximate surface area is 106 Å². The first-order valence-electron chi connectivity index (χ1n) is 5.83. The predicted octanol–water partition coefficient (Wildman–Crippen LogP) is 1.26. The second-order valence-corrected chi connectivity index (χ2v) is 5.53. The van der Waals surface area contributed by atoms with Crippen LogP contribution in [-0.2, 0) is 9.31 Å². The Bertz CT molecular complexity index is 417. The van der Waals surface area contributed by atoms with E-state index in [9.17, 15) is 10.1 Å². The second-order valence-electron chi connectivity index (χ2n) is 5.53. The third kappa shape index (κ3) is 1.74. The minimum Gasteiger partial charge on any atom is -0.396 e. The van der Waals surface area contributed by atoms with Crippen molar-refractivity contribution < 1.29 is 14.2 Å². The maximum atomic E-state index is 11.4. The summed E-state index contributed by atoms with van der Waals surface area (Å²) in [5, 5.41) is 14.1. The molecule has 0 aliphatic carbocycles. The van der Waals surface area contributed by atoms with E-state index in [1.54, 1.807) is 12.2 Å². The van der Waals surface area contributed by atoms with Crippen LogP contribution < -0.4 is 5.32 Å².